The Morgan fingerprint density at radius 2 is 1.94 bits per heavy atom. The summed E-state index contributed by atoms with van der Waals surface area (Å²) in [6.07, 6.45) is 3.30. The van der Waals surface area contributed by atoms with Crippen LogP contribution >= 0.6 is 0 Å². The molecule has 0 saturated carbocycles. The van der Waals surface area contributed by atoms with Crippen LogP contribution in [0.5, 0.6) is 0 Å². The van der Waals surface area contributed by atoms with Gasteiger partial charge in [0.1, 0.15) is 0 Å². The lowest BCUT2D eigenvalue weighted by atomic mass is 9.80. The minimum atomic E-state index is -0.0901. The molecule has 108 valence electrons. The summed E-state index contributed by atoms with van der Waals surface area (Å²) in [6, 6.07) is 0. The molecule has 1 saturated heterocycles. The van der Waals surface area contributed by atoms with Crippen LogP contribution in [0.3, 0.4) is 0 Å². The molecule has 0 amide bonds. The van der Waals surface area contributed by atoms with Gasteiger partial charge in [-0.1, -0.05) is 27.7 Å². The van der Waals surface area contributed by atoms with Crippen molar-refractivity contribution in [2.24, 2.45) is 11.3 Å². The SMILES string of the molecule is CCNCC(CC)(CC)CN1CCC(O)C(C)C1. The van der Waals surface area contributed by atoms with Gasteiger partial charge in [0.15, 0.2) is 0 Å². The zero-order valence-corrected chi connectivity index (χ0v) is 12.7. The number of likely N-dealkylation sites (tertiary alicyclic amines) is 1. The maximum Gasteiger partial charge on any atom is 0.0590 e. The van der Waals surface area contributed by atoms with E-state index < -0.39 is 0 Å². The largest absolute Gasteiger partial charge is 0.393 e. The van der Waals surface area contributed by atoms with Crippen molar-refractivity contribution in [2.45, 2.75) is 53.1 Å². The molecule has 1 heterocycles. The molecule has 0 aromatic heterocycles. The van der Waals surface area contributed by atoms with Crippen molar-refractivity contribution in [1.82, 2.24) is 10.2 Å². The van der Waals surface area contributed by atoms with E-state index in [1.807, 2.05) is 0 Å². The van der Waals surface area contributed by atoms with Crippen LogP contribution in [0.25, 0.3) is 0 Å². The Morgan fingerprint density at radius 1 is 1.28 bits per heavy atom. The van der Waals surface area contributed by atoms with Gasteiger partial charge in [0, 0.05) is 26.2 Å². The number of nitrogens with one attached hydrogen (secondary N) is 1. The van der Waals surface area contributed by atoms with Gasteiger partial charge in [-0.15, -0.1) is 0 Å². The van der Waals surface area contributed by atoms with Crippen LogP contribution in [0.15, 0.2) is 0 Å². The smallest absolute Gasteiger partial charge is 0.0590 e. The van der Waals surface area contributed by atoms with Crippen molar-refractivity contribution in [3.8, 4) is 0 Å². The van der Waals surface area contributed by atoms with Gasteiger partial charge in [-0.2, -0.15) is 0 Å². The molecule has 1 fully saturated rings. The van der Waals surface area contributed by atoms with Crippen molar-refractivity contribution in [1.29, 1.82) is 0 Å². The van der Waals surface area contributed by atoms with Crippen LogP contribution in [0.1, 0.15) is 47.0 Å². The Balaban J connectivity index is 2.55. The summed E-state index contributed by atoms with van der Waals surface area (Å²) in [5.74, 6) is 0.421. The fourth-order valence-corrected chi connectivity index (χ4v) is 3.01. The quantitative estimate of drug-likeness (QED) is 0.732. The number of piperidine rings is 1. The number of aliphatic hydroxyl groups is 1. The van der Waals surface area contributed by atoms with Crippen molar-refractivity contribution >= 4 is 0 Å². The molecule has 2 unspecified atom stereocenters. The van der Waals surface area contributed by atoms with Gasteiger partial charge in [0.2, 0.25) is 0 Å². The van der Waals surface area contributed by atoms with E-state index in [9.17, 15) is 5.11 Å². The molecule has 0 aliphatic carbocycles. The van der Waals surface area contributed by atoms with Crippen molar-refractivity contribution in [3.63, 3.8) is 0 Å². The Labute approximate surface area is 113 Å². The third kappa shape index (κ3) is 4.22. The lowest BCUT2D eigenvalue weighted by Gasteiger charge is -2.41. The van der Waals surface area contributed by atoms with Crippen molar-refractivity contribution in [2.75, 3.05) is 32.7 Å². The van der Waals surface area contributed by atoms with Crippen LogP contribution in [0, 0.1) is 11.3 Å². The first kappa shape index (κ1) is 15.9. The van der Waals surface area contributed by atoms with Crippen LogP contribution in [0.2, 0.25) is 0 Å². The van der Waals surface area contributed by atoms with E-state index in [0.29, 0.717) is 11.3 Å². The summed E-state index contributed by atoms with van der Waals surface area (Å²) < 4.78 is 0. The summed E-state index contributed by atoms with van der Waals surface area (Å²) in [4.78, 5) is 2.56. The van der Waals surface area contributed by atoms with Crippen molar-refractivity contribution < 1.29 is 5.11 Å². The molecule has 1 rings (SSSR count). The van der Waals surface area contributed by atoms with E-state index in [-0.39, 0.29) is 6.10 Å². The second-order valence-corrected chi connectivity index (χ2v) is 6.06. The first-order valence-electron chi connectivity index (χ1n) is 7.68. The highest BCUT2D eigenvalue weighted by atomic mass is 16.3. The molecule has 2 atom stereocenters. The van der Waals surface area contributed by atoms with E-state index in [2.05, 4.69) is 37.9 Å². The zero-order chi connectivity index (χ0) is 13.6. The van der Waals surface area contributed by atoms with E-state index in [1.54, 1.807) is 0 Å². The molecule has 0 radical (unpaired) electrons. The maximum atomic E-state index is 9.81. The lowest BCUT2D eigenvalue weighted by Crippen LogP contribution is -2.49. The van der Waals surface area contributed by atoms with E-state index in [1.165, 1.54) is 19.4 Å². The van der Waals surface area contributed by atoms with Crippen molar-refractivity contribution in [3.05, 3.63) is 0 Å². The predicted molar refractivity (Wildman–Crippen MR) is 77.8 cm³/mol. The van der Waals surface area contributed by atoms with Gasteiger partial charge >= 0.3 is 0 Å². The number of hydrogen-bond acceptors (Lipinski definition) is 3. The Bertz CT molecular complexity index is 229. The minimum absolute atomic E-state index is 0.0901. The van der Waals surface area contributed by atoms with Crippen LogP contribution < -0.4 is 5.32 Å². The van der Waals surface area contributed by atoms with Crippen LogP contribution in [-0.4, -0.2) is 48.8 Å². The predicted octanol–water partition coefficient (Wildman–Crippen LogP) is 2.10. The first-order chi connectivity index (χ1) is 8.56. The maximum absolute atomic E-state index is 9.81. The van der Waals surface area contributed by atoms with Gasteiger partial charge in [-0.05, 0) is 37.1 Å². The highest BCUT2D eigenvalue weighted by Gasteiger charge is 2.32. The van der Waals surface area contributed by atoms with Gasteiger partial charge in [0.05, 0.1) is 6.10 Å². The fraction of sp³-hybridized carbons (Fsp3) is 1.00. The topological polar surface area (TPSA) is 35.5 Å². The second-order valence-electron chi connectivity index (χ2n) is 6.06. The molecule has 0 aromatic rings. The highest BCUT2D eigenvalue weighted by molar-refractivity contribution is 4.86. The first-order valence-corrected chi connectivity index (χ1v) is 7.68. The number of aliphatic hydroxyl groups excluding tert-OH is 1. The summed E-state index contributed by atoms with van der Waals surface area (Å²) in [7, 11) is 0. The molecular formula is C15H32N2O. The zero-order valence-electron chi connectivity index (χ0n) is 12.7. The van der Waals surface area contributed by atoms with Gasteiger partial charge < -0.3 is 15.3 Å². The monoisotopic (exact) mass is 256 g/mol. The molecule has 3 nitrogen and oxygen atoms in total. The Morgan fingerprint density at radius 3 is 2.44 bits per heavy atom. The number of rotatable bonds is 7. The molecule has 0 aromatic carbocycles. The summed E-state index contributed by atoms with van der Waals surface area (Å²) in [6.45, 7) is 14.4. The molecule has 18 heavy (non-hydrogen) atoms. The summed E-state index contributed by atoms with van der Waals surface area (Å²) >= 11 is 0. The number of hydrogen-bond donors (Lipinski definition) is 2. The van der Waals surface area contributed by atoms with Gasteiger partial charge in [-0.3, -0.25) is 0 Å². The van der Waals surface area contributed by atoms with Gasteiger partial charge in [-0.25, -0.2) is 0 Å². The molecule has 1 aliphatic rings. The standard InChI is InChI=1S/C15H32N2O/c1-5-15(6-2,11-16-7-3)12-17-9-8-14(18)13(4)10-17/h13-14,16,18H,5-12H2,1-4H3. The normalized spacial score (nSPS) is 26.5. The van der Waals surface area contributed by atoms with Crippen LogP contribution in [0.4, 0.5) is 0 Å². The van der Waals surface area contributed by atoms with E-state index in [0.717, 1.165) is 32.6 Å². The Hall–Kier alpha value is -0.120. The molecule has 2 N–H and O–H groups in total. The summed E-state index contributed by atoms with van der Waals surface area (Å²) in [5.41, 5.74) is 0.401. The minimum Gasteiger partial charge on any atom is -0.393 e. The second kappa shape index (κ2) is 7.46. The van der Waals surface area contributed by atoms with Gasteiger partial charge in [0.25, 0.3) is 0 Å². The third-order valence-electron chi connectivity index (χ3n) is 4.75. The Kier molecular flexibility index (Phi) is 6.61. The molecule has 0 bridgehead atoms. The molecule has 3 heteroatoms. The lowest BCUT2D eigenvalue weighted by molar-refractivity contribution is 0.0144. The number of nitrogens with zero attached hydrogens (tertiary/aromatic N) is 1. The molecule has 0 spiro atoms. The molecule has 1 aliphatic heterocycles. The highest BCUT2D eigenvalue weighted by Crippen LogP contribution is 2.29. The summed E-state index contributed by atoms with van der Waals surface area (Å²) in [5, 5.41) is 13.3. The van der Waals surface area contributed by atoms with E-state index in [4.69, 9.17) is 0 Å². The fourth-order valence-electron chi connectivity index (χ4n) is 3.01. The third-order valence-corrected chi connectivity index (χ3v) is 4.75. The van der Waals surface area contributed by atoms with Crippen LogP contribution in [-0.2, 0) is 0 Å². The van der Waals surface area contributed by atoms with E-state index >= 15 is 0 Å². The average Bonchev–Trinajstić information content (AvgIpc) is 2.39. The average molecular weight is 256 g/mol. The molecular weight excluding hydrogens is 224 g/mol.